The SMILES string of the molecule is CCCCC/C=C\C/C=C\CCCCCCCCCCOCC(COC(=O)CCCCCCCCCCCCCCCCC)OC(=O)CCCCCCCCCCC. The molecule has 5 heteroatoms. The Hall–Kier alpha value is -1.62. The average Bonchev–Trinajstić information content (AvgIpc) is 3.22. The van der Waals surface area contributed by atoms with Gasteiger partial charge in [-0.1, -0.05) is 238 Å². The lowest BCUT2D eigenvalue weighted by Gasteiger charge is -2.18. The van der Waals surface area contributed by atoms with Crippen molar-refractivity contribution in [3.8, 4) is 0 Å². The van der Waals surface area contributed by atoms with Gasteiger partial charge in [0.1, 0.15) is 6.61 Å². The highest BCUT2D eigenvalue weighted by Crippen LogP contribution is 2.16. The molecule has 0 rings (SSSR count). The van der Waals surface area contributed by atoms with Crippen molar-refractivity contribution in [2.75, 3.05) is 19.8 Å². The van der Waals surface area contributed by atoms with E-state index in [9.17, 15) is 9.59 Å². The van der Waals surface area contributed by atoms with Crippen LogP contribution in [0.15, 0.2) is 24.3 Å². The van der Waals surface area contributed by atoms with Crippen LogP contribution in [-0.2, 0) is 23.8 Å². The first kappa shape index (κ1) is 56.4. The molecule has 0 saturated carbocycles. The third-order valence-electron chi connectivity index (χ3n) is 11.5. The van der Waals surface area contributed by atoms with Gasteiger partial charge >= 0.3 is 11.9 Å². The molecule has 0 aliphatic carbocycles. The van der Waals surface area contributed by atoms with Gasteiger partial charge in [-0.15, -0.1) is 0 Å². The third-order valence-corrected chi connectivity index (χ3v) is 11.5. The Morgan fingerprint density at radius 3 is 1.17 bits per heavy atom. The molecule has 0 bridgehead atoms. The zero-order chi connectivity index (χ0) is 42.1. The van der Waals surface area contributed by atoms with E-state index in [4.69, 9.17) is 14.2 Å². The van der Waals surface area contributed by atoms with Gasteiger partial charge in [-0.2, -0.15) is 0 Å². The first-order chi connectivity index (χ1) is 28.6. The first-order valence-electron chi connectivity index (χ1n) is 25.9. The molecule has 0 aromatic carbocycles. The molecule has 0 aliphatic heterocycles. The molecule has 342 valence electrons. The van der Waals surface area contributed by atoms with Gasteiger partial charge in [0.05, 0.1) is 6.61 Å². The van der Waals surface area contributed by atoms with Crippen molar-refractivity contribution in [2.45, 2.75) is 284 Å². The zero-order valence-corrected chi connectivity index (χ0v) is 39.3. The molecular formula is C53H100O5. The minimum Gasteiger partial charge on any atom is -0.462 e. The number of allylic oxidation sites excluding steroid dienone is 4. The van der Waals surface area contributed by atoms with Crippen molar-refractivity contribution in [3.05, 3.63) is 24.3 Å². The maximum atomic E-state index is 12.7. The Kier molecular flexibility index (Phi) is 48.4. The van der Waals surface area contributed by atoms with E-state index in [1.165, 1.54) is 199 Å². The molecule has 58 heavy (non-hydrogen) atoms. The first-order valence-corrected chi connectivity index (χ1v) is 25.9. The summed E-state index contributed by atoms with van der Waals surface area (Å²) in [5, 5.41) is 0. The fourth-order valence-electron chi connectivity index (χ4n) is 7.60. The molecule has 0 spiro atoms. The fourth-order valence-corrected chi connectivity index (χ4v) is 7.60. The molecule has 0 aromatic heterocycles. The van der Waals surface area contributed by atoms with Crippen molar-refractivity contribution in [1.29, 1.82) is 0 Å². The van der Waals surface area contributed by atoms with Crippen LogP contribution in [0.1, 0.15) is 278 Å². The second-order valence-corrected chi connectivity index (χ2v) is 17.4. The summed E-state index contributed by atoms with van der Waals surface area (Å²) in [5.41, 5.74) is 0. The largest absolute Gasteiger partial charge is 0.462 e. The molecule has 0 radical (unpaired) electrons. The maximum Gasteiger partial charge on any atom is 0.306 e. The second-order valence-electron chi connectivity index (χ2n) is 17.4. The van der Waals surface area contributed by atoms with Gasteiger partial charge in [-0.05, 0) is 51.4 Å². The Morgan fingerprint density at radius 1 is 0.379 bits per heavy atom. The van der Waals surface area contributed by atoms with Crippen LogP contribution in [-0.4, -0.2) is 37.9 Å². The van der Waals surface area contributed by atoms with Gasteiger partial charge in [0.25, 0.3) is 0 Å². The van der Waals surface area contributed by atoms with E-state index in [2.05, 4.69) is 45.1 Å². The van der Waals surface area contributed by atoms with Crippen LogP contribution in [0.2, 0.25) is 0 Å². The average molecular weight is 817 g/mol. The lowest BCUT2D eigenvalue weighted by molar-refractivity contribution is -0.163. The van der Waals surface area contributed by atoms with Crippen LogP contribution < -0.4 is 0 Å². The summed E-state index contributed by atoms with van der Waals surface area (Å²) in [4.78, 5) is 25.3. The summed E-state index contributed by atoms with van der Waals surface area (Å²) in [7, 11) is 0. The Morgan fingerprint density at radius 2 is 0.724 bits per heavy atom. The Bertz CT molecular complexity index is 882. The van der Waals surface area contributed by atoms with E-state index in [-0.39, 0.29) is 18.5 Å². The normalized spacial score (nSPS) is 12.3. The predicted octanol–water partition coefficient (Wildman–Crippen LogP) is 17.2. The number of esters is 2. The highest BCUT2D eigenvalue weighted by atomic mass is 16.6. The van der Waals surface area contributed by atoms with Crippen LogP contribution in [0.3, 0.4) is 0 Å². The van der Waals surface area contributed by atoms with Crippen molar-refractivity contribution in [3.63, 3.8) is 0 Å². The zero-order valence-electron chi connectivity index (χ0n) is 39.3. The molecule has 0 saturated heterocycles. The summed E-state index contributed by atoms with van der Waals surface area (Å²) in [6.07, 6.45) is 57.6. The lowest BCUT2D eigenvalue weighted by atomic mass is 10.0. The fraction of sp³-hybridized carbons (Fsp3) is 0.887. The van der Waals surface area contributed by atoms with Gasteiger partial charge in [0.2, 0.25) is 0 Å². The Balaban J connectivity index is 4.15. The van der Waals surface area contributed by atoms with Crippen LogP contribution in [0, 0.1) is 0 Å². The quantitative estimate of drug-likeness (QED) is 0.0348. The molecule has 5 nitrogen and oxygen atoms in total. The van der Waals surface area contributed by atoms with E-state index >= 15 is 0 Å². The number of hydrogen-bond donors (Lipinski definition) is 0. The molecule has 1 atom stereocenters. The van der Waals surface area contributed by atoms with Crippen LogP contribution in [0.5, 0.6) is 0 Å². The maximum absolute atomic E-state index is 12.7. The van der Waals surface area contributed by atoms with E-state index < -0.39 is 6.10 Å². The number of ether oxygens (including phenoxy) is 3. The van der Waals surface area contributed by atoms with Crippen molar-refractivity contribution in [2.24, 2.45) is 0 Å². The second kappa shape index (κ2) is 49.7. The Labute approximate surface area is 362 Å². The van der Waals surface area contributed by atoms with E-state index in [0.29, 0.717) is 26.1 Å². The summed E-state index contributed by atoms with van der Waals surface area (Å²) in [5.74, 6) is -0.386. The highest BCUT2D eigenvalue weighted by molar-refractivity contribution is 5.70. The van der Waals surface area contributed by atoms with Gasteiger partial charge in [0, 0.05) is 19.4 Å². The van der Waals surface area contributed by atoms with Crippen LogP contribution in [0.4, 0.5) is 0 Å². The molecular weight excluding hydrogens is 717 g/mol. The highest BCUT2D eigenvalue weighted by Gasteiger charge is 2.17. The molecule has 0 aromatic rings. The molecule has 0 N–H and O–H groups in total. The van der Waals surface area contributed by atoms with Crippen molar-refractivity contribution < 1.29 is 23.8 Å². The summed E-state index contributed by atoms with van der Waals surface area (Å²) in [6, 6.07) is 0. The smallest absolute Gasteiger partial charge is 0.306 e. The van der Waals surface area contributed by atoms with Crippen molar-refractivity contribution in [1.82, 2.24) is 0 Å². The third kappa shape index (κ3) is 47.1. The molecule has 0 amide bonds. The number of hydrogen-bond acceptors (Lipinski definition) is 5. The monoisotopic (exact) mass is 817 g/mol. The van der Waals surface area contributed by atoms with Gasteiger partial charge < -0.3 is 14.2 Å². The van der Waals surface area contributed by atoms with Gasteiger partial charge in [-0.25, -0.2) is 0 Å². The molecule has 1 unspecified atom stereocenters. The van der Waals surface area contributed by atoms with E-state index in [1.54, 1.807) is 0 Å². The minimum absolute atomic E-state index is 0.0903. The number of carbonyl (C=O) groups is 2. The van der Waals surface area contributed by atoms with E-state index in [1.807, 2.05) is 0 Å². The molecule has 0 heterocycles. The van der Waals surface area contributed by atoms with Crippen molar-refractivity contribution >= 4 is 11.9 Å². The summed E-state index contributed by atoms with van der Waals surface area (Å²) < 4.78 is 17.4. The van der Waals surface area contributed by atoms with Crippen LogP contribution in [0.25, 0.3) is 0 Å². The number of carbonyl (C=O) groups excluding carboxylic acids is 2. The summed E-state index contributed by atoms with van der Waals surface area (Å²) in [6.45, 7) is 7.82. The topological polar surface area (TPSA) is 61.8 Å². The predicted molar refractivity (Wildman–Crippen MR) is 252 cm³/mol. The number of unbranched alkanes of at least 4 members (excludes halogenated alkanes) is 33. The minimum atomic E-state index is -0.530. The summed E-state index contributed by atoms with van der Waals surface area (Å²) >= 11 is 0. The molecule has 0 fully saturated rings. The lowest BCUT2D eigenvalue weighted by Crippen LogP contribution is -2.30. The van der Waals surface area contributed by atoms with E-state index in [0.717, 1.165) is 44.9 Å². The van der Waals surface area contributed by atoms with Gasteiger partial charge in [0.15, 0.2) is 6.10 Å². The number of rotatable bonds is 48. The standard InChI is InChI=1S/C53H100O5/c1-4-7-10-13-16-19-21-23-25-26-27-29-31-33-36-39-42-45-48-56-49-51(58-53(55)47-44-41-38-34-18-15-12-9-6-3)50-57-52(54)46-43-40-37-35-32-30-28-24-22-20-17-14-11-8-5-2/h16,19,23,25,51H,4-15,17-18,20-22,24,26-50H2,1-3H3/b19-16-,25-23-. The van der Waals surface area contributed by atoms with Crippen LogP contribution >= 0.6 is 0 Å². The molecule has 0 aliphatic rings. The van der Waals surface area contributed by atoms with Gasteiger partial charge in [-0.3, -0.25) is 9.59 Å².